The average molecular weight is 336 g/mol. The summed E-state index contributed by atoms with van der Waals surface area (Å²) in [5, 5.41) is 11.1. The second-order valence-electron chi connectivity index (χ2n) is 6.28. The van der Waals surface area contributed by atoms with Crippen molar-refractivity contribution in [3.05, 3.63) is 59.7 Å². The zero-order chi connectivity index (χ0) is 17.2. The Hall–Kier alpha value is -3.02. The van der Waals surface area contributed by atoms with Crippen LogP contribution in [0.3, 0.4) is 0 Å². The first-order valence-corrected chi connectivity index (χ1v) is 8.48. The van der Waals surface area contributed by atoms with Gasteiger partial charge in [0, 0.05) is 24.3 Å². The molecule has 0 aromatic heterocycles. The number of benzene rings is 2. The Labute approximate surface area is 146 Å². The zero-order valence-electron chi connectivity index (χ0n) is 13.9. The average Bonchev–Trinajstić information content (AvgIpc) is 3.34. The molecule has 2 aliphatic rings. The SMILES string of the molecule is O=C(O)c1cccc(C2=NCN(c3ccc(N4CCCC4)cc3)N2)c1. The van der Waals surface area contributed by atoms with Crippen LogP contribution in [0.15, 0.2) is 53.5 Å². The minimum atomic E-state index is -0.935. The maximum absolute atomic E-state index is 11.1. The van der Waals surface area contributed by atoms with Gasteiger partial charge in [-0.2, -0.15) is 0 Å². The van der Waals surface area contributed by atoms with E-state index < -0.39 is 5.97 Å². The highest BCUT2D eigenvalue weighted by molar-refractivity contribution is 6.02. The van der Waals surface area contributed by atoms with Gasteiger partial charge in [0.15, 0.2) is 0 Å². The molecule has 2 N–H and O–H groups in total. The van der Waals surface area contributed by atoms with Crippen molar-refractivity contribution in [2.45, 2.75) is 12.8 Å². The van der Waals surface area contributed by atoms with Gasteiger partial charge in [-0.3, -0.25) is 10.4 Å². The lowest BCUT2D eigenvalue weighted by atomic mass is 10.1. The first-order chi connectivity index (χ1) is 12.2. The second-order valence-corrected chi connectivity index (χ2v) is 6.28. The molecule has 0 amide bonds. The van der Waals surface area contributed by atoms with Crippen LogP contribution in [0.25, 0.3) is 0 Å². The Kier molecular flexibility index (Phi) is 4.01. The van der Waals surface area contributed by atoms with Crippen LogP contribution in [0, 0.1) is 0 Å². The number of anilines is 2. The van der Waals surface area contributed by atoms with Gasteiger partial charge >= 0.3 is 5.97 Å². The Morgan fingerprint density at radius 3 is 2.48 bits per heavy atom. The third kappa shape index (κ3) is 3.15. The van der Waals surface area contributed by atoms with E-state index in [1.807, 2.05) is 11.1 Å². The summed E-state index contributed by atoms with van der Waals surface area (Å²) in [5.74, 6) is -0.249. The number of nitrogens with one attached hydrogen (secondary N) is 1. The van der Waals surface area contributed by atoms with E-state index in [2.05, 4.69) is 39.6 Å². The molecular formula is C19H20N4O2. The fourth-order valence-electron chi connectivity index (χ4n) is 3.26. The van der Waals surface area contributed by atoms with Crippen LogP contribution in [0.2, 0.25) is 0 Å². The van der Waals surface area contributed by atoms with Crippen molar-refractivity contribution < 1.29 is 9.90 Å². The fourth-order valence-corrected chi connectivity index (χ4v) is 3.26. The van der Waals surface area contributed by atoms with Crippen LogP contribution in [-0.2, 0) is 0 Å². The normalized spacial score (nSPS) is 16.7. The van der Waals surface area contributed by atoms with E-state index in [-0.39, 0.29) is 5.56 Å². The second kappa shape index (κ2) is 6.47. The molecule has 2 aromatic rings. The van der Waals surface area contributed by atoms with Gasteiger partial charge in [-0.1, -0.05) is 12.1 Å². The molecule has 0 radical (unpaired) electrons. The zero-order valence-corrected chi connectivity index (χ0v) is 13.9. The Morgan fingerprint density at radius 2 is 1.76 bits per heavy atom. The van der Waals surface area contributed by atoms with Crippen LogP contribution in [-0.4, -0.2) is 36.7 Å². The molecule has 0 spiro atoms. The van der Waals surface area contributed by atoms with Crippen molar-refractivity contribution in [2.75, 3.05) is 29.7 Å². The summed E-state index contributed by atoms with van der Waals surface area (Å²) in [6, 6.07) is 15.3. The van der Waals surface area contributed by atoms with Gasteiger partial charge in [0.25, 0.3) is 0 Å². The number of amidine groups is 1. The van der Waals surface area contributed by atoms with Gasteiger partial charge in [-0.25, -0.2) is 9.79 Å². The van der Waals surface area contributed by atoms with E-state index >= 15 is 0 Å². The number of carboxylic acid groups (broad SMARTS) is 1. The smallest absolute Gasteiger partial charge is 0.335 e. The number of aromatic carboxylic acids is 1. The molecule has 1 fully saturated rings. The van der Waals surface area contributed by atoms with E-state index in [1.165, 1.54) is 18.5 Å². The van der Waals surface area contributed by atoms with Gasteiger partial charge in [-0.05, 0) is 49.2 Å². The number of rotatable bonds is 4. The van der Waals surface area contributed by atoms with Crippen molar-refractivity contribution in [1.82, 2.24) is 5.43 Å². The molecule has 0 aliphatic carbocycles. The summed E-state index contributed by atoms with van der Waals surface area (Å²) in [6.45, 7) is 2.76. The van der Waals surface area contributed by atoms with Gasteiger partial charge in [0.1, 0.15) is 12.5 Å². The van der Waals surface area contributed by atoms with Crippen LogP contribution >= 0.6 is 0 Å². The molecule has 0 saturated carbocycles. The van der Waals surface area contributed by atoms with Gasteiger partial charge in [-0.15, -0.1) is 0 Å². The van der Waals surface area contributed by atoms with E-state index in [4.69, 9.17) is 5.11 Å². The fraction of sp³-hybridized carbons (Fsp3) is 0.263. The predicted molar refractivity (Wildman–Crippen MR) is 98.3 cm³/mol. The number of hydrogen-bond donors (Lipinski definition) is 2. The van der Waals surface area contributed by atoms with Crippen molar-refractivity contribution in [3.63, 3.8) is 0 Å². The first kappa shape index (κ1) is 15.5. The largest absolute Gasteiger partial charge is 0.478 e. The molecule has 25 heavy (non-hydrogen) atoms. The lowest BCUT2D eigenvalue weighted by Gasteiger charge is -2.21. The summed E-state index contributed by atoms with van der Waals surface area (Å²) in [7, 11) is 0. The molecule has 0 bridgehead atoms. The van der Waals surface area contributed by atoms with Gasteiger partial charge < -0.3 is 10.0 Å². The van der Waals surface area contributed by atoms with Crippen LogP contribution in [0.1, 0.15) is 28.8 Å². The lowest BCUT2D eigenvalue weighted by Crippen LogP contribution is -2.36. The first-order valence-electron chi connectivity index (χ1n) is 8.48. The maximum atomic E-state index is 11.1. The number of hydrogen-bond acceptors (Lipinski definition) is 5. The highest BCUT2D eigenvalue weighted by Crippen LogP contribution is 2.24. The molecule has 4 rings (SSSR count). The molecule has 2 aromatic carbocycles. The third-order valence-electron chi connectivity index (χ3n) is 4.63. The van der Waals surface area contributed by atoms with Gasteiger partial charge in [0.2, 0.25) is 0 Å². The molecule has 2 heterocycles. The van der Waals surface area contributed by atoms with Crippen molar-refractivity contribution in [2.24, 2.45) is 4.99 Å². The van der Waals surface area contributed by atoms with E-state index in [9.17, 15) is 4.79 Å². The number of nitrogens with zero attached hydrogens (tertiary/aromatic N) is 3. The molecule has 1 saturated heterocycles. The maximum Gasteiger partial charge on any atom is 0.335 e. The Bertz CT molecular complexity index is 810. The molecular weight excluding hydrogens is 316 g/mol. The minimum Gasteiger partial charge on any atom is -0.478 e. The lowest BCUT2D eigenvalue weighted by molar-refractivity contribution is 0.0697. The van der Waals surface area contributed by atoms with Crippen molar-refractivity contribution in [3.8, 4) is 0 Å². The standard InChI is InChI=1S/C19H20N4O2/c24-19(25)15-5-3-4-14(12-15)18-20-13-23(21-18)17-8-6-16(7-9-17)22-10-1-2-11-22/h3-9,12H,1-2,10-11,13H2,(H,20,21)(H,24,25). The molecule has 2 aliphatic heterocycles. The molecule has 6 heteroatoms. The number of hydrazine groups is 1. The monoisotopic (exact) mass is 336 g/mol. The van der Waals surface area contributed by atoms with E-state index in [0.717, 1.165) is 24.3 Å². The highest BCUT2D eigenvalue weighted by Gasteiger charge is 2.18. The van der Waals surface area contributed by atoms with Crippen molar-refractivity contribution >= 4 is 23.2 Å². The summed E-state index contributed by atoms with van der Waals surface area (Å²) in [5.41, 5.74) is 6.59. The Morgan fingerprint density at radius 1 is 1.04 bits per heavy atom. The minimum absolute atomic E-state index is 0.260. The number of carboxylic acids is 1. The molecule has 0 unspecified atom stereocenters. The van der Waals surface area contributed by atoms with Crippen LogP contribution in [0.5, 0.6) is 0 Å². The molecule has 0 atom stereocenters. The summed E-state index contributed by atoms with van der Waals surface area (Å²) < 4.78 is 0. The quantitative estimate of drug-likeness (QED) is 0.898. The van der Waals surface area contributed by atoms with Crippen LogP contribution < -0.4 is 15.3 Å². The number of aliphatic imine (C=N–C) groups is 1. The summed E-state index contributed by atoms with van der Waals surface area (Å²) in [4.78, 5) is 18.0. The third-order valence-corrected chi connectivity index (χ3v) is 4.63. The van der Waals surface area contributed by atoms with E-state index in [0.29, 0.717) is 12.5 Å². The topological polar surface area (TPSA) is 68.2 Å². The van der Waals surface area contributed by atoms with Crippen molar-refractivity contribution in [1.29, 1.82) is 0 Å². The van der Waals surface area contributed by atoms with E-state index in [1.54, 1.807) is 18.2 Å². The number of carbonyl (C=O) groups is 1. The predicted octanol–water partition coefficient (Wildman–Crippen LogP) is 2.71. The van der Waals surface area contributed by atoms with Crippen LogP contribution in [0.4, 0.5) is 11.4 Å². The van der Waals surface area contributed by atoms with Gasteiger partial charge in [0.05, 0.1) is 11.3 Å². The molecule has 128 valence electrons. The highest BCUT2D eigenvalue weighted by atomic mass is 16.4. The Balaban J connectivity index is 1.46. The molecule has 6 nitrogen and oxygen atoms in total. The summed E-state index contributed by atoms with van der Waals surface area (Å²) >= 11 is 0. The summed E-state index contributed by atoms with van der Waals surface area (Å²) in [6.07, 6.45) is 2.53.